The normalized spacial score (nSPS) is 16.6. The van der Waals surface area contributed by atoms with E-state index in [1.54, 1.807) is 13.3 Å². The van der Waals surface area contributed by atoms with Gasteiger partial charge in [-0.1, -0.05) is 0 Å². The number of carbonyl (C=O) groups is 1. The Kier molecular flexibility index (Phi) is 2.81. The SMILES string of the molecule is COc1c(C)cnc(CC2(C(=O)O)CC2)c1C. The van der Waals surface area contributed by atoms with Gasteiger partial charge in [0.05, 0.1) is 12.5 Å². The molecule has 1 heterocycles. The van der Waals surface area contributed by atoms with E-state index >= 15 is 0 Å². The monoisotopic (exact) mass is 235 g/mol. The summed E-state index contributed by atoms with van der Waals surface area (Å²) in [7, 11) is 1.63. The molecule has 0 saturated heterocycles. The Morgan fingerprint density at radius 2 is 2.18 bits per heavy atom. The Bertz CT molecular complexity index is 464. The summed E-state index contributed by atoms with van der Waals surface area (Å²) < 4.78 is 5.32. The fourth-order valence-corrected chi connectivity index (χ4v) is 2.19. The summed E-state index contributed by atoms with van der Waals surface area (Å²) in [6.45, 7) is 3.87. The molecule has 1 fully saturated rings. The molecule has 0 atom stereocenters. The van der Waals surface area contributed by atoms with Crippen LogP contribution in [-0.4, -0.2) is 23.2 Å². The number of nitrogens with zero attached hydrogens (tertiary/aromatic N) is 1. The quantitative estimate of drug-likeness (QED) is 0.868. The Morgan fingerprint density at radius 3 is 2.65 bits per heavy atom. The molecule has 0 bridgehead atoms. The second kappa shape index (κ2) is 4.02. The van der Waals surface area contributed by atoms with Gasteiger partial charge < -0.3 is 9.84 Å². The van der Waals surface area contributed by atoms with Crippen molar-refractivity contribution in [3.8, 4) is 5.75 Å². The first-order chi connectivity index (χ1) is 8.00. The lowest BCUT2D eigenvalue weighted by atomic mass is 9.97. The van der Waals surface area contributed by atoms with Gasteiger partial charge in [0.25, 0.3) is 0 Å². The van der Waals surface area contributed by atoms with Crippen molar-refractivity contribution in [2.24, 2.45) is 5.41 Å². The molecule has 0 aromatic carbocycles. The number of hydrogen-bond donors (Lipinski definition) is 1. The maximum absolute atomic E-state index is 11.2. The summed E-state index contributed by atoms with van der Waals surface area (Å²) >= 11 is 0. The minimum atomic E-state index is -0.710. The van der Waals surface area contributed by atoms with Crippen molar-refractivity contribution in [1.29, 1.82) is 0 Å². The number of hydrogen-bond acceptors (Lipinski definition) is 3. The maximum Gasteiger partial charge on any atom is 0.310 e. The molecule has 4 heteroatoms. The minimum Gasteiger partial charge on any atom is -0.496 e. The molecule has 0 radical (unpaired) electrons. The zero-order valence-electron chi connectivity index (χ0n) is 10.4. The number of rotatable bonds is 4. The topological polar surface area (TPSA) is 59.4 Å². The van der Waals surface area contributed by atoms with E-state index in [2.05, 4.69) is 4.98 Å². The smallest absolute Gasteiger partial charge is 0.310 e. The molecule has 0 unspecified atom stereocenters. The van der Waals surface area contributed by atoms with Gasteiger partial charge in [-0.3, -0.25) is 9.78 Å². The molecule has 1 aliphatic rings. The third-order valence-electron chi connectivity index (χ3n) is 3.56. The van der Waals surface area contributed by atoms with Gasteiger partial charge >= 0.3 is 5.97 Å². The molecule has 1 aromatic rings. The summed E-state index contributed by atoms with van der Waals surface area (Å²) in [4.78, 5) is 15.5. The van der Waals surface area contributed by atoms with Crippen molar-refractivity contribution in [3.63, 3.8) is 0 Å². The van der Waals surface area contributed by atoms with Crippen LogP contribution in [0.3, 0.4) is 0 Å². The average molecular weight is 235 g/mol. The largest absolute Gasteiger partial charge is 0.496 e. The number of methoxy groups -OCH3 is 1. The Balaban J connectivity index is 2.31. The van der Waals surface area contributed by atoms with E-state index in [-0.39, 0.29) is 0 Å². The third-order valence-corrected chi connectivity index (χ3v) is 3.56. The van der Waals surface area contributed by atoms with Gasteiger partial charge in [-0.2, -0.15) is 0 Å². The van der Waals surface area contributed by atoms with Gasteiger partial charge in [-0.05, 0) is 26.7 Å². The molecule has 0 spiro atoms. The summed E-state index contributed by atoms with van der Waals surface area (Å²) in [6.07, 6.45) is 3.75. The van der Waals surface area contributed by atoms with Crippen LogP contribution in [0.1, 0.15) is 29.7 Å². The summed E-state index contributed by atoms with van der Waals surface area (Å²) in [5.74, 6) is 0.106. The first-order valence-electron chi connectivity index (χ1n) is 5.72. The lowest BCUT2D eigenvalue weighted by molar-refractivity contribution is -0.143. The van der Waals surface area contributed by atoms with Crippen molar-refractivity contribution >= 4 is 5.97 Å². The number of carboxylic acids is 1. The van der Waals surface area contributed by atoms with E-state index in [0.717, 1.165) is 35.4 Å². The second-order valence-electron chi connectivity index (χ2n) is 4.81. The highest BCUT2D eigenvalue weighted by molar-refractivity contribution is 5.78. The van der Waals surface area contributed by atoms with E-state index in [0.29, 0.717) is 6.42 Å². The van der Waals surface area contributed by atoms with Gasteiger partial charge in [0.1, 0.15) is 5.75 Å². The van der Waals surface area contributed by atoms with Gasteiger partial charge in [0.15, 0.2) is 0 Å². The first kappa shape index (κ1) is 11.9. The number of aryl methyl sites for hydroxylation is 1. The highest BCUT2D eigenvalue weighted by Crippen LogP contribution is 2.49. The average Bonchev–Trinajstić information content (AvgIpc) is 3.04. The van der Waals surface area contributed by atoms with Crippen LogP contribution < -0.4 is 4.74 Å². The molecule has 0 aliphatic heterocycles. The van der Waals surface area contributed by atoms with Gasteiger partial charge in [0.2, 0.25) is 0 Å². The van der Waals surface area contributed by atoms with E-state index in [1.807, 2.05) is 13.8 Å². The minimum absolute atomic E-state index is 0.505. The molecule has 1 N–H and O–H groups in total. The van der Waals surface area contributed by atoms with Crippen LogP contribution in [0, 0.1) is 19.3 Å². The van der Waals surface area contributed by atoms with Crippen LogP contribution in [0.25, 0.3) is 0 Å². The summed E-state index contributed by atoms with van der Waals surface area (Å²) in [5.41, 5.74) is 2.21. The molecule has 1 aromatic heterocycles. The van der Waals surface area contributed by atoms with Crippen LogP contribution in [0.5, 0.6) is 5.75 Å². The van der Waals surface area contributed by atoms with E-state index in [1.165, 1.54) is 0 Å². The predicted octanol–water partition coefficient (Wildman–Crippen LogP) is 2.11. The predicted molar refractivity (Wildman–Crippen MR) is 63.3 cm³/mol. The van der Waals surface area contributed by atoms with Crippen molar-refractivity contribution in [1.82, 2.24) is 4.98 Å². The van der Waals surface area contributed by atoms with E-state index in [9.17, 15) is 9.90 Å². The van der Waals surface area contributed by atoms with Gasteiger partial charge in [0, 0.05) is 29.4 Å². The number of ether oxygens (including phenoxy) is 1. The number of pyridine rings is 1. The van der Waals surface area contributed by atoms with Crippen molar-refractivity contribution in [2.45, 2.75) is 33.1 Å². The van der Waals surface area contributed by atoms with Crippen molar-refractivity contribution < 1.29 is 14.6 Å². The highest BCUT2D eigenvalue weighted by atomic mass is 16.5. The standard InChI is InChI=1S/C13H17NO3/c1-8-7-14-10(9(2)11(8)17-3)6-13(4-5-13)12(15)16/h7H,4-6H2,1-3H3,(H,15,16). The highest BCUT2D eigenvalue weighted by Gasteiger charge is 2.50. The third kappa shape index (κ3) is 1.99. The molecular weight excluding hydrogens is 218 g/mol. The Morgan fingerprint density at radius 1 is 1.53 bits per heavy atom. The fourth-order valence-electron chi connectivity index (χ4n) is 2.19. The lowest BCUT2D eigenvalue weighted by Crippen LogP contribution is -2.19. The number of aliphatic carboxylic acids is 1. The molecular formula is C13H17NO3. The molecule has 1 aliphatic carbocycles. The van der Waals surface area contributed by atoms with Crippen molar-refractivity contribution in [2.75, 3.05) is 7.11 Å². The second-order valence-corrected chi connectivity index (χ2v) is 4.81. The Labute approximate surface area is 101 Å². The van der Waals surface area contributed by atoms with Gasteiger partial charge in [-0.15, -0.1) is 0 Å². The van der Waals surface area contributed by atoms with Crippen molar-refractivity contribution in [3.05, 3.63) is 23.0 Å². The van der Waals surface area contributed by atoms with Crippen LogP contribution in [0.4, 0.5) is 0 Å². The molecule has 1 saturated carbocycles. The molecule has 2 rings (SSSR count). The molecule has 17 heavy (non-hydrogen) atoms. The molecule has 92 valence electrons. The van der Waals surface area contributed by atoms with Crippen LogP contribution in [-0.2, 0) is 11.2 Å². The first-order valence-corrected chi connectivity index (χ1v) is 5.72. The Hall–Kier alpha value is -1.58. The van der Waals surface area contributed by atoms with Crippen LogP contribution >= 0.6 is 0 Å². The van der Waals surface area contributed by atoms with Crippen LogP contribution in [0.15, 0.2) is 6.20 Å². The van der Waals surface area contributed by atoms with Crippen LogP contribution in [0.2, 0.25) is 0 Å². The van der Waals surface area contributed by atoms with E-state index in [4.69, 9.17) is 4.74 Å². The summed E-state index contributed by atoms with van der Waals surface area (Å²) in [5, 5.41) is 9.18. The zero-order chi connectivity index (χ0) is 12.6. The number of aromatic nitrogens is 1. The molecule has 0 amide bonds. The van der Waals surface area contributed by atoms with Gasteiger partial charge in [-0.25, -0.2) is 0 Å². The maximum atomic E-state index is 11.2. The number of carboxylic acid groups (broad SMARTS) is 1. The summed E-state index contributed by atoms with van der Waals surface area (Å²) in [6, 6.07) is 0. The fraction of sp³-hybridized carbons (Fsp3) is 0.538. The lowest BCUT2D eigenvalue weighted by Gasteiger charge is -2.15. The van der Waals surface area contributed by atoms with E-state index < -0.39 is 11.4 Å². The zero-order valence-corrected chi connectivity index (χ0v) is 10.4. The molecule has 4 nitrogen and oxygen atoms in total.